The highest BCUT2D eigenvalue weighted by molar-refractivity contribution is 6.17. The predicted molar refractivity (Wildman–Crippen MR) is 78.4 cm³/mol. The van der Waals surface area contributed by atoms with Gasteiger partial charge >= 0.3 is 0 Å². The summed E-state index contributed by atoms with van der Waals surface area (Å²) in [6, 6.07) is 11.7. The van der Waals surface area contributed by atoms with Gasteiger partial charge in [-0.25, -0.2) is 0 Å². The van der Waals surface area contributed by atoms with Gasteiger partial charge in [-0.2, -0.15) is 0 Å². The average Bonchev–Trinajstić information content (AvgIpc) is 3.25. The second kappa shape index (κ2) is 5.22. The molecule has 1 aliphatic rings. The van der Waals surface area contributed by atoms with Gasteiger partial charge in [0.1, 0.15) is 0 Å². The van der Waals surface area contributed by atoms with E-state index >= 15 is 0 Å². The monoisotopic (exact) mass is 273 g/mol. The van der Waals surface area contributed by atoms with Crippen molar-refractivity contribution < 1.29 is 0 Å². The first kappa shape index (κ1) is 12.5. The van der Waals surface area contributed by atoms with E-state index < -0.39 is 0 Å². The number of aromatic nitrogens is 1. The van der Waals surface area contributed by atoms with Crippen LogP contribution in [0.25, 0.3) is 11.1 Å². The molecule has 2 aromatic rings. The Hall–Kier alpha value is -1.54. The zero-order valence-corrected chi connectivity index (χ0v) is 11.4. The van der Waals surface area contributed by atoms with Crippen LogP contribution in [-0.4, -0.2) is 4.57 Å². The Kier molecular flexibility index (Phi) is 3.43. The summed E-state index contributed by atoms with van der Waals surface area (Å²) in [6.07, 6.45) is 4.47. The van der Waals surface area contributed by atoms with E-state index in [-0.39, 0.29) is 5.56 Å². The summed E-state index contributed by atoms with van der Waals surface area (Å²) in [5.74, 6) is 1.23. The molecule has 1 aliphatic carbocycles. The van der Waals surface area contributed by atoms with Crippen molar-refractivity contribution >= 4 is 11.6 Å². The third-order valence-electron chi connectivity index (χ3n) is 3.58. The van der Waals surface area contributed by atoms with Crippen LogP contribution in [0.5, 0.6) is 0 Å². The topological polar surface area (TPSA) is 22.0 Å². The summed E-state index contributed by atoms with van der Waals surface area (Å²) in [5.41, 5.74) is 3.41. The Morgan fingerprint density at radius 1 is 1.05 bits per heavy atom. The Morgan fingerprint density at radius 2 is 1.74 bits per heavy atom. The van der Waals surface area contributed by atoms with Gasteiger partial charge < -0.3 is 4.57 Å². The first-order valence-corrected chi connectivity index (χ1v) is 7.15. The van der Waals surface area contributed by atoms with Gasteiger partial charge in [-0.1, -0.05) is 24.3 Å². The molecule has 1 fully saturated rings. The van der Waals surface area contributed by atoms with Crippen LogP contribution in [0.2, 0.25) is 0 Å². The lowest BCUT2D eigenvalue weighted by Gasteiger charge is -2.08. The highest BCUT2D eigenvalue weighted by Gasteiger charge is 2.22. The first-order valence-electron chi connectivity index (χ1n) is 6.62. The van der Waals surface area contributed by atoms with E-state index in [9.17, 15) is 4.79 Å². The number of hydrogen-bond donors (Lipinski definition) is 0. The fourth-order valence-electron chi connectivity index (χ4n) is 2.21. The molecular weight excluding hydrogens is 258 g/mol. The maximum Gasteiger partial charge on any atom is 0.250 e. The highest BCUT2D eigenvalue weighted by Crippen LogP contribution is 2.30. The van der Waals surface area contributed by atoms with Crippen LogP contribution in [0.3, 0.4) is 0 Å². The van der Waals surface area contributed by atoms with Crippen molar-refractivity contribution in [3.05, 3.63) is 58.5 Å². The minimum absolute atomic E-state index is 0.0908. The van der Waals surface area contributed by atoms with Gasteiger partial charge in [0.15, 0.2) is 0 Å². The molecule has 1 saturated carbocycles. The van der Waals surface area contributed by atoms with Crippen molar-refractivity contribution in [2.24, 2.45) is 5.92 Å². The van der Waals surface area contributed by atoms with Gasteiger partial charge in [-0.3, -0.25) is 4.79 Å². The molecule has 19 heavy (non-hydrogen) atoms. The molecule has 1 aromatic carbocycles. The maximum absolute atomic E-state index is 11.8. The summed E-state index contributed by atoms with van der Waals surface area (Å²) < 4.78 is 1.84. The number of nitrogens with zero attached hydrogens (tertiary/aromatic N) is 1. The molecule has 0 spiro atoms. The third kappa shape index (κ3) is 2.90. The van der Waals surface area contributed by atoms with Gasteiger partial charge in [0.05, 0.1) is 0 Å². The molecular formula is C16H16ClNO. The van der Waals surface area contributed by atoms with Gasteiger partial charge in [0, 0.05) is 24.7 Å². The summed E-state index contributed by atoms with van der Waals surface area (Å²) in [6.45, 7) is 0.854. The number of alkyl halides is 1. The summed E-state index contributed by atoms with van der Waals surface area (Å²) in [5, 5.41) is 0. The van der Waals surface area contributed by atoms with E-state index in [1.807, 2.05) is 29.0 Å². The van der Waals surface area contributed by atoms with Gasteiger partial charge in [-0.15, -0.1) is 11.6 Å². The minimum Gasteiger partial charge on any atom is -0.315 e. The predicted octanol–water partition coefficient (Wildman–Crippen LogP) is 3.66. The summed E-state index contributed by atoms with van der Waals surface area (Å²) >= 11 is 5.79. The van der Waals surface area contributed by atoms with Gasteiger partial charge in [-0.05, 0) is 41.5 Å². The zero-order valence-electron chi connectivity index (χ0n) is 10.7. The molecule has 0 atom stereocenters. The second-order valence-electron chi connectivity index (χ2n) is 5.18. The lowest BCUT2D eigenvalue weighted by molar-refractivity contribution is 0.607. The van der Waals surface area contributed by atoms with Crippen molar-refractivity contribution in [1.82, 2.24) is 4.57 Å². The van der Waals surface area contributed by atoms with E-state index in [2.05, 4.69) is 12.1 Å². The van der Waals surface area contributed by atoms with Crippen LogP contribution >= 0.6 is 11.6 Å². The van der Waals surface area contributed by atoms with E-state index in [1.165, 1.54) is 12.8 Å². The van der Waals surface area contributed by atoms with Crippen LogP contribution in [0.4, 0.5) is 0 Å². The smallest absolute Gasteiger partial charge is 0.250 e. The van der Waals surface area contributed by atoms with E-state index in [0.29, 0.717) is 11.8 Å². The molecule has 0 unspecified atom stereocenters. The standard InChI is InChI=1S/C16H16ClNO/c17-9-12-3-5-14(6-4-12)15-7-8-16(19)18(11-15)10-13-1-2-13/h3-8,11,13H,1-2,9-10H2. The number of rotatable bonds is 4. The van der Waals surface area contributed by atoms with Crippen LogP contribution in [0.15, 0.2) is 47.4 Å². The molecule has 3 rings (SSSR count). The third-order valence-corrected chi connectivity index (χ3v) is 3.89. The maximum atomic E-state index is 11.8. The van der Waals surface area contributed by atoms with Gasteiger partial charge in [0.25, 0.3) is 5.56 Å². The molecule has 1 heterocycles. The van der Waals surface area contributed by atoms with Crippen molar-refractivity contribution in [1.29, 1.82) is 0 Å². The van der Waals surface area contributed by atoms with E-state index in [1.54, 1.807) is 6.07 Å². The van der Waals surface area contributed by atoms with E-state index in [0.717, 1.165) is 23.2 Å². The van der Waals surface area contributed by atoms with Crippen LogP contribution in [-0.2, 0) is 12.4 Å². The Bertz CT molecular complexity index is 626. The first-order chi connectivity index (χ1) is 9.26. The SMILES string of the molecule is O=c1ccc(-c2ccc(CCl)cc2)cn1CC1CC1. The van der Waals surface area contributed by atoms with Crippen molar-refractivity contribution in [2.45, 2.75) is 25.3 Å². The van der Waals surface area contributed by atoms with Crippen LogP contribution < -0.4 is 5.56 Å². The van der Waals surface area contributed by atoms with E-state index in [4.69, 9.17) is 11.6 Å². The number of hydrogen-bond acceptors (Lipinski definition) is 1. The zero-order chi connectivity index (χ0) is 13.2. The Labute approximate surface area is 117 Å². The fraction of sp³-hybridized carbons (Fsp3) is 0.312. The molecule has 0 radical (unpaired) electrons. The average molecular weight is 274 g/mol. The minimum atomic E-state index is 0.0908. The summed E-state index contributed by atoms with van der Waals surface area (Å²) in [4.78, 5) is 11.8. The molecule has 0 aliphatic heterocycles. The van der Waals surface area contributed by atoms with Crippen molar-refractivity contribution in [2.75, 3.05) is 0 Å². The van der Waals surface area contributed by atoms with Crippen LogP contribution in [0.1, 0.15) is 18.4 Å². The number of benzene rings is 1. The highest BCUT2D eigenvalue weighted by atomic mass is 35.5. The van der Waals surface area contributed by atoms with Crippen molar-refractivity contribution in [3.8, 4) is 11.1 Å². The molecule has 0 amide bonds. The quantitative estimate of drug-likeness (QED) is 0.779. The number of halogens is 1. The van der Waals surface area contributed by atoms with Crippen LogP contribution in [0, 0.1) is 5.92 Å². The normalized spacial score (nSPS) is 14.6. The second-order valence-corrected chi connectivity index (χ2v) is 5.45. The molecule has 0 N–H and O–H groups in total. The molecule has 1 aromatic heterocycles. The molecule has 0 saturated heterocycles. The molecule has 3 heteroatoms. The Balaban J connectivity index is 1.92. The fourth-order valence-corrected chi connectivity index (χ4v) is 2.39. The lowest BCUT2D eigenvalue weighted by atomic mass is 10.1. The molecule has 0 bridgehead atoms. The summed E-state index contributed by atoms with van der Waals surface area (Å²) in [7, 11) is 0. The molecule has 2 nitrogen and oxygen atoms in total. The van der Waals surface area contributed by atoms with Gasteiger partial charge in [0.2, 0.25) is 0 Å². The van der Waals surface area contributed by atoms with Crippen molar-refractivity contribution in [3.63, 3.8) is 0 Å². The number of pyridine rings is 1. The largest absolute Gasteiger partial charge is 0.315 e. The molecule has 98 valence electrons. The Morgan fingerprint density at radius 3 is 2.37 bits per heavy atom. The lowest BCUT2D eigenvalue weighted by Crippen LogP contribution is -2.19.